The molecular formula is C18H24ClN3O2. The number of hydrogen-bond donors (Lipinski definition) is 1. The van der Waals surface area contributed by atoms with Crippen LogP contribution in [0.25, 0.3) is 0 Å². The van der Waals surface area contributed by atoms with Gasteiger partial charge in [0, 0.05) is 19.0 Å². The number of hydrogen-bond acceptors (Lipinski definition) is 3. The minimum atomic E-state index is -0.0626. The first-order chi connectivity index (χ1) is 11.6. The van der Waals surface area contributed by atoms with Gasteiger partial charge in [-0.3, -0.25) is 14.5 Å². The first kappa shape index (κ1) is 17.2. The molecular weight excluding hydrogens is 326 g/mol. The monoisotopic (exact) mass is 349 g/mol. The lowest BCUT2D eigenvalue weighted by molar-refractivity contribution is -0.136. The van der Waals surface area contributed by atoms with Crippen LogP contribution < -0.4 is 5.32 Å². The molecule has 0 aliphatic carbocycles. The standard InChI is InChI=1S/C18H24ClN3O2/c19-15-5-1-2-6-16(15)20-17(23)13-21-11-7-14(8-12-21)18(24)22-9-3-4-10-22/h1-2,5-6,14H,3-4,7-13H2,(H,20,23). The van der Waals surface area contributed by atoms with Gasteiger partial charge in [0.2, 0.25) is 11.8 Å². The molecule has 0 atom stereocenters. The second kappa shape index (κ2) is 7.99. The lowest BCUT2D eigenvalue weighted by Crippen LogP contribution is -2.43. The van der Waals surface area contributed by atoms with Crippen LogP contribution in [0, 0.1) is 5.92 Å². The molecule has 0 radical (unpaired) electrons. The normalized spacial score (nSPS) is 19.5. The molecule has 2 aliphatic rings. The third-order valence-electron chi connectivity index (χ3n) is 4.87. The SMILES string of the molecule is O=C(CN1CCC(C(=O)N2CCCC2)CC1)Nc1ccccc1Cl. The predicted molar refractivity (Wildman–Crippen MR) is 95.1 cm³/mol. The van der Waals surface area contributed by atoms with E-state index in [0.29, 0.717) is 23.2 Å². The van der Waals surface area contributed by atoms with Crippen LogP contribution in [0.15, 0.2) is 24.3 Å². The summed E-state index contributed by atoms with van der Waals surface area (Å²) in [4.78, 5) is 28.7. The van der Waals surface area contributed by atoms with Crippen LogP contribution in [0.3, 0.4) is 0 Å². The molecule has 0 aromatic heterocycles. The molecule has 0 bridgehead atoms. The van der Waals surface area contributed by atoms with Crippen molar-refractivity contribution in [3.8, 4) is 0 Å². The Balaban J connectivity index is 1.44. The molecule has 1 N–H and O–H groups in total. The number of likely N-dealkylation sites (tertiary alicyclic amines) is 2. The maximum Gasteiger partial charge on any atom is 0.238 e. The molecule has 2 saturated heterocycles. The van der Waals surface area contributed by atoms with Crippen molar-refractivity contribution in [3.05, 3.63) is 29.3 Å². The van der Waals surface area contributed by atoms with Crippen molar-refractivity contribution in [2.75, 3.05) is 38.0 Å². The fraction of sp³-hybridized carbons (Fsp3) is 0.556. The third-order valence-corrected chi connectivity index (χ3v) is 5.20. The smallest absolute Gasteiger partial charge is 0.238 e. The maximum atomic E-state index is 12.4. The Morgan fingerprint density at radius 1 is 1.08 bits per heavy atom. The minimum absolute atomic E-state index is 0.0626. The molecule has 1 aromatic carbocycles. The maximum absolute atomic E-state index is 12.4. The molecule has 130 valence electrons. The number of halogens is 1. The first-order valence-electron chi connectivity index (χ1n) is 8.69. The average Bonchev–Trinajstić information content (AvgIpc) is 3.11. The van der Waals surface area contributed by atoms with Crippen molar-refractivity contribution in [2.45, 2.75) is 25.7 Å². The zero-order chi connectivity index (χ0) is 16.9. The van der Waals surface area contributed by atoms with E-state index in [-0.39, 0.29) is 11.8 Å². The van der Waals surface area contributed by atoms with Crippen molar-refractivity contribution in [1.29, 1.82) is 0 Å². The summed E-state index contributed by atoms with van der Waals surface area (Å²) in [6, 6.07) is 7.23. The highest BCUT2D eigenvalue weighted by Gasteiger charge is 2.30. The van der Waals surface area contributed by atoms with Gasteiger partial charge in [0.25, 0.3) is 0 Å². The minimum Gasteiger partial charge on any atom is -0.342 e. The number of anilines is 1. The predicted octanol–water partition coefficient (Wildman–Crippen LogP) is 2.61. The van der Waals surface area contributed by atoms with Gasteiger partial charge in [0.15, 0.2) is 0 Å². The van der Waals surface area contributed by atoms with E-state index in [2.05, 4.69) is 10.2 Å². The van der Waals surface area contributed by atoms with E-state index in [0.717, 1.165) is 51.9 Å². The second-order valence-corrected chi connectivity index (χ2v) is 7.02. The summed E-state index contributed by atoms with van der Waals surface area (Å²) >= 11 is 6.06. The number of para-hydroxylation sites is 1. The fourth-order valence-corrected chi connectivity index (χ4v) is 3.67. The number of nitrogens with one attached hydrogen (secondary N) is 1. The van der Waals surface area contributed by atoms with Crippen LogP contribution in [0.1, 0.15) is 25.7 Å². The molecule has 0 spiro atoms. The van der Waals surface area contributed by atoms with Crippen molar-refractivity contribution in [3.63, 3.8) is 0 Å². The van der Waals surface area contributed by atoms with Crippen LogP contribution >= 0.6 is 11.6 Å². The summed E-state index contributed by atoms with van der Waals surface area (Å²) in [6.07, 6.45) is 3.95. The summed E-state index contributed by atoms with van der Waals surface area (Å²) in [7, 11) is 0. The molecule has 6 heteroatoms. The number of carbonyl (C=O) groups excluding carboxylic acids is 2. The molecule has 3 rings (SSSR count). The quantitative estimate of drug-likeness (QED) is 0.909. The van der Waals surface area contributed by atoms with Gasteiger partial charge in [-0.2, -0.15) is 0 Å². The molecule has 2 aliphatic heterocycles. The van der Waals surface area contributed by atoms with Crippen LogP contribution in [0.2, 0.25) is 5.02 Å². The first-order valence-corrected chi connectivity index (χ1v) is 9.07. The molecule has 5 nitrogen and oxygen atoms in total. The zero-order valence-electron chi connectivity index (χ0n) is 13.8. The van der Waals surface area contributed by atoms with Crippen LogP contribution in [-0.4, -0.2) is 54.3 Å². The van der Waals surface area contributed by atoms with Crippen LogP contribution in [0.5, 0.6) is 0 Å². The molecule has 1 aromatic rings. The van der Waals surface area contributed by atoms with Crippen LogP contribution in [-0.2, 0) is 9.59 Å². The Bertz CT molecular complexity index is 594. The Morgan fingerprint density at radius 3 is 2.42 bits per heavy atom. The molecule has 0 unspecified atom stereocenters. The average molecular weight is 350 g/mol. The Labute approximate surface area is 147 Å². The number of rotatable bonds is 4. The van der Waals surface area contributed by atoms with E-state index in [1.807, 2.05) is 17.0 Å². The number of carbonyl (C=O) groups is 2. The summed E-state index contributed by atoms with van der Waals surface area (Å²) in [5, 5.41) is 3.39. The van der Waals surface area contributed by atoms with Gasteiger partial charge in [-0.15, -0.1) is 0 Å². The summed E-state index contributed by atoms with van der Waals surface area (Å²) in [5.41, 5.74) is 0.642. The third kappa shape index (κ3) is 4.28. The van der Waals surface area contributed by atoms with Gasteiger partial charge >= 0.3 is 0 Å². The lowest BCUT2D eigenvalue weighted by Gasteiger charge is -2.32. The van der Waals surface area contributed by atoms with Crippen molar-refractivity contribution in [1.82, 2.24) is 9.80 Å². The zero-order valence-corrected chi connectivity index (χ0v) is 14.6. The summed E-state index contributed by atoms with van der Waals surface area (Å²) < 4.78 is 0. The fourth-order valence-electron chi connectivity index (χ4n) is 3.49. The van der Waals surface area contributed by atoms with Gasteiger partial charge < -0.3 is 10.2 Å². The van der Waals surface area contributed by atoms with Gasteiger partial charge in [-0.25, -0.2) is 0 Å². The van der Waals surface area contributed by atoms with E-state index in [1.165, 1.54) is 0 Å². The van der Waals surface area contributed by atoms with E-state index in [1.54, 1.807) is 12.1 Å². The van der Waals surface area contributed by atoms with Crippen molar-refractivity contribution < 1.29 is 9.59 Å². The number of nitrogens with zero attached hydrogens (tertiary/aromatic N) is 2. The van der Waals surface area contributed by atoms with E-state index in [4.69, 9.17) is 11.6 Å². The number of amides is 2. The topological polar surface area (TPSA) is 52.7 Å². The van der Waals surface area contributed by atoms with Crippen LogP contribution in [0.4, 0.5) is 5.69 Å². The van der Waals surface area contributed by atoms with E-state index >= 15 is 0 Å². The molecule has 2 amide bonds. The van der Waals surface area contributed by atoms with Gasteiger partial charge in [0.05, 0.1) is 17.3 Å². The number of piperidine rings is 1. The molecule has 2 fully saturated rings. The Morgan fingerprint density at radius 2 is 1.75 bits per heavy atom. The highest BCUT2D eigenvalue weighted by atomic mass is 35.5. The summed E-state index contributed by atoms with van der Waals surface area (Å²) in [5.74, 6) is 0.381. The highest BCUT2D eigenvalue weighted by Crippen LogP contribution is 2.23. The Kier molecular flexibility index (Phi) is 5.74. The van der Waals surface area contributed by atoms with E-state index in [9.17, 15) is 9.59 Å². The van der Waals surface area contributed by atoms with Gasteiger partial charge in [-0.05, 0) is 50.9 Å². The van der Waals surface area contributed by atoms with Gasteiger partial charge in [-0.1, -0.05) is 23.7 Å². The van der Waals surface area contributed by atoms with E-state index < -0.39 is 0 Å². The van der Waals surface area contributed by atoms with Crippen molar-refractivity contribution >= 4 is 29.1 Å². The second-order valence-electron chi connectivity index (χ2n) is 6.61. The molecule has 2 heterocycles. The molecule has 24 heavy (non-hydrogen) atoms. The molecule has 0 saturated carbocycles. The lowest BCUT2D eigenvalue weighted by atomic mass is 9.95. The van der Waals surface area contributed by atoms with Crippen molar-refractivity contribution in [2.24, 2.45) is 5.92 Å². The highest BCUT2D eigenvalue weighted by molar-refractivity contribution is 6.33. The summed E-state index contributed by atoms with van der Waals surface area (Å²) in [6.45, 7) is 3.76. The Hall–Kier alpha value is -1.59. The van der Waals surface area contributed by atoms with Gasteiger partial charge in [0.1, 0.15) is 0 Å². The largest absolute Gasteiger partial charge is 0.342 e. The number of benzene rings is 1.